The van der Waals surface area contributed by atoms with Gasteiger partial charge in [0.2, 0.25) is 5.88 Å². The maximum absolute atomic E-state index is 6.00. The first-order valence-electron chi connectivity index (χ1n) is 7.57. The first-order valence-corrected chi connectivity index (χ1v) is 7.57. The second kappa shape index (κ2) is 6.31. The summed E-state index contributed by atoms with van der Waals surface area (Å²) in [6.07, 6.45) is 5.48. The maximum Gasteiger partial charge on any atom is 0.221 e. The summed E-state index contributed by atoms with van der Waals surface area (Å²) in [4.78, 5) is 4.38. The molecular formula is C17H22N2O2. The Kier molecular flexibility index (Phi) is 4.25. The van der Waals surface area contributed by atoms with E-state index in [1.807, 2.05) is 24.3 Å². The van der Waals surface area contributed by atoms with Crippen molar-refractivity contribution in [3.63, 3.8) is 0 Å². The Labute approximate surface area is 125 Å². The van der Waals surface area contributed by atoms with E-state index in [9.17, 15) is 0 Å². The van der Waals surface area contributed by atoms with Gasteiger partial charge in [0.15, 0.2) is 0 Å². The highest BCUT2D eigenvalue weighted by atomic mass is 16.5. The summed E-state index contributed by atoms with van der Waals surface area (Å²) in [5.41, 5.74) is 5.83. The Morgan fingerprint density at radius 2 is 2.10 bits per heavy atom. The first-order chi connectivity index (χ1) is 10.3. The fourth-order valence-corrected chi connectivity index (χ4v) is 3.20. The predicted octanol–water partition coefficient (Wildman–Crippen LogP) is 3.00. The molecule has 112 valence electrons. The monoisotopic (exact) mass is 286 g/mol. The highest BCUT2D eigenvalue weighted by Crippen LogP contribution is 2.32. The highest BCUT2D eigenvalue weighted by molar-refractivity contribution is 5.87. The van der Waals surface area contributed by atoms with Crippen LogP contribution in [0, 0.1) is 11.8 Å². The van der Waals surface area contributed by atoms with Crippen LogP contribution in [-0.4, -0.2) is 25.2 Å². The Morgan fingerprint density at radius 1 is 1.24 bits per heavy atom. The van der Waals surface area contributed by atoms with Crippen molar-refractivity contribution in [2.24, 2.45) is 17.6 Å². The predicted molar refractivity (Wildman–Crippen MR) is 83.7 cm³/mol. The second-order valence-corrected chi connectivity index (χ2v) is 5.70. The van der Waals surface area contributed by atoms with Crippen molar-refractivity contribution in [1.82, 2.24) is 4.98 Å². The third kappa shape index (κ3) is 2.95. The molecule has 0 radical (unpaired) electrons. The van der Waals surface area contributed by atoms with E-state index in [0.717, 1.165) is 23.1 Å². The lowest BCUT2D eigenvalue weighted by Crippen LogP contribution is -2.23. The zero-order valence-corrected chi connectivity index (χ0v) is 12.4. The Balaban J connectivity index is 1.77. The van der Waals surface area contributed by atoms with Crippen LogP contribution in [0.4, 0.5) is 0 Å². The summed E-state index contributed by atoms with van der Waals surface area (Å²) in [7, 11) is 1.67. The standard InChI is InChI=1S/C17H22N2O2/c1-20-15-5-6-16-12(9-15)7-8-19-17(16)21-11-14-4-2-3-13(14)10-18/h5-9,13-14H,2-4,10-11,18H2,1H3. The van der Waals surface area contributed by atoms with E-state index in [4.69, 9.17) is 15.2 Å². The molecule has 1 aliphatic rings. The van der Waals surface area contributed by atoms with Crippen molar-refractivity contribution in [2.45, 2.75) is 19.3 Å². The molecule has 2 unspecified atom stereocenters. The molecule has 0 amide bonds. The minimum absolute atomic E-state index is 0.560. The molecule has 1 fully saturated rings. The van der Waals surface area contributed by atoms with Crippen LogP contribution in [0.2, 0.25) is 0 Å². The minimum Gasteiger partial charge on any atom is -0.497 e. The average molecular weight is 286 g/mol. The molecule has 1 aromatic heterocycles. The van der Waals surface area contributed by atoms with Gasteiger partial charge in [0, 0.05) is 11.6 Å². The van der Waals surface area contributed by atoms with Gasteiger partial charge in [-0.3, -0.25) is 0 Å². The fourth-order valence-electron chi connectivity index (χ4n) is 3.20. The number of rotatable bonds is 5. The number of nitrogens with zero attached hydrogens (tertiary/aromatic N) is 1. The zero-order chi connectivity index (χ0) is 14.7. The van der Waals surface area contributed by atoms with Crippen LogP contribution in [-0.2, 0) is 0 Å². The smallest absolute Gasteiger partial charge is 0.221 e. The number of pyridine rings is 1. The Bertz CT molecular complexity index is 615. The molecule has 2 atom stereocenters. The van der Waals surface area contributed by atoms with Gasteiger partial charge in [0.1, 0.15) is 5.75 Å². The summed E-state index contributed by atoms with van der Waals surface area (Å²) < 4.78 is 11.3. The summed E-state index contributed by atoms with van der Waals surface area (Å²) >= 11 is 0. The van der Waals surface area contributed by atoms with E-state index >= 15 is 0 Å². The van der Waals surface area contributed by atoms with E-state index in [-0.39, 0.29) is 0 Å². The summed E-state index contributed by atoms with van der Waals surface area (Å²) in [6, 6.07) is 7.92. The van der Waals surface area contributed by atoms with Gasteiger partial charge < -0.3 is 15.2 Å². The SMILES string of the molecule is COc1ccc2c(OCC3CCCC3CN)nccc2c1. The summed E-state index contributed by atoms with van der Waals surface area (Å²) in [5.74, 6) is 2.71. The van der Waals surface area contributed by atoms with Crippen LogP contribution >= 0.6 is 0 Å². The van der Waals surface area contributed by atoms with Crippen molar-refractivity contribution in [1.29, 1.82) is 0 Å². The normalized spacial score (nSPS) is 21.6. The summed E-state index contributed by atoms with van der Waals surface area (Å²) in [5, 5.41) is 2.11. The molecule has 1 aromatic carbocycles. The van der Waals surface area contributed by atoms with Crippen molar-refractivity contribution in [3.8, 4) is 11.6 Å². The zero-order valence-electron chi connectivity index (χ0n) is 12.4. The number of hydrogen-bond donors (Lipinski definition) is 1. The molecule has 4 nitrogen and oxygen atoms in total. The largest absolute Gasteiger partial charge is 0.497 e. The van der Waals surface area contributed by atoms with Crippen LogP contribution in [0.3, 0.4) is 0 Å². The molecule has 0 saturated heterocycles. The molecule has 3 rings (SSSR count). The topological polar surface area (TPSA) is 57.4 Å². The van der Waals surface area contributed by atoms with Crippen LogP contribution < -0.4 is 15.2 Å². The maximum atomic E-state index is 6.00. The fraction of sp³-hybridized carbons (Fsp3) is 0.471. The molecule has 0 aliphatic heterocycles. The molecule has 2 N–H and O–H groups in total. The Morgan fingerprint density at radius 3 is 2.90 bits per heavy atom. The molecule has 1 aliphatic carbocycles. The molecule has 2 aromatic rings. The lowest BCUT2D eigenvalue weighted by atomic mass is 9.97. The second-order valence-electron chi connectivity index (χ2n) is 5.70. The number of benzene rings is 1. The van der Waals surface area contributed by atoms with Crippen molar-refractivity contribution >= 4 is 10.8 Å². The van der Waals surface area contributed by atoms with E-state index < -0.39 is 0 Å². The first kappa shape index (κ1) is 14.1. The molecule has 21 heavy (non-hydrogen) atoms. The van der Waals surface area contributed by atoms with Crippen LogP contribution in [0.1, 0.15) is 19.3 Å². The highest BCUT2D eigenvalue weighted by Gasteiger charge is 2.26. The molecule has 4 heteroatoms. The Hall–Kier alpha value is -1.81. The number of fused-ring (bicyclic) bond motifs is 1. The van der Waals surface area contributed by atoms with Gasteiger partial charge in [-0.1, -0.05) is 6.42 Å². The van der Waals surface area contributed by atoms with Gasteiger partial charge in [0.25, 0.3) is 0 Å². The number of nitrogens with two attached hydrogens (primary N) is 1. The summed E-state index contributed by atoms with van der Waals surface area (Å²) in [6.45, 7) is 1.47. The van der Waals surface area contributed by atoms with Gasteiger partial charge in [0.05, 0.1) is 13.7 Å². The third-order valence-corrected chi connectivity index (χ3v) is 4.49. The lowest BCUT2D eigenvalue weighted by molar-refractivity contribution is 0.212. The molecular weight excluding hydrogens is 264 g/mol. The van der Waals surface area contributed by atoms with Crippen molar-refractivity contribution < 1.29 is 9.47 Å². The van der Waals surface area contributed by atoms with Crippen molar-refractivity contribution in [3.05, 3.63) is 30.5 Å². The number of aromatic nitrogens is 1. The number of hydrogen-bond acceptors (Lipinski definition) is 4. The van der Waals surface area contributed by atoms with E-state index in [1.54, 1.807) is 13.3 Å². The lowest BCUT2D eigenvalue weighted by Gasteiger charge is -2.18. The molecule has 0 bridgehead atoms. The van der Waals surface area contributed by atoms with Crippen LogP contribution in [0.15, 0.2) is 30.5 Å². The molecule has 1 heterocycles. The van der Waals surface area contributed by atoms with Gasteiger partial charge in [-0.05, 0) is 60.9 Å². The van der Waals surface area contributed by atoms with Crippen LogP contribution in [0.5, 0.6) is 11.6 Å². The van der Waals surface area contributed by atoms with Gasteiger partial charge in [-0.2, -0.15) is 0 Å². The number of methoxy groups -OCH3 is 1. The minimum atomic E-state index is 0.560. The quantitative estimate of drug-likeness (QED) is 0.918. The van der Waals surface area contributed by atoms with E-state index in [2.05, 4.69) is 4.98 Å². The van der Waals surface area contributed by atoms with E-state index in [0.29, 0.717) is 24.3 Å². The van der Waals surface area contributed by atoms with Gasteiger partial charge in [-0.25, -0.2) is 4.98 Å². The van der Waals surface area contributed by atoms with Gasteiger partial charge in [-0.15, -0.1) is 0 Å². The number of ether oxygens (including phenoxy) is 2. The molecule has 0 spiro atoms. The van der Waals surface area contributed by atoms with Crippen molar-refractivity contribution in [2.75, 3.05) is 20.3 Å². The molecule has 1 saturated carbocycles. The average Bonchev–Trinajstić information content (AvgIpc) is 2.99. The van der Waals surface area contributed by atoms with Crippen LogP contribution in [0.25, 0.3) is 10.8 Å². The third-order valence-electron chi connectivity index (χ3n) is 4.49. The van der Waals surface area contributed by atoms with Gasteiger partial charge >= 0.3 is 0 Å². The van der Waals surface area contributed by atoms with E-state index in [1.165, 1.54) is 19.3 Å².